The molecule has 0 aliphatic heterocycles. The van der Waals surface area contributed by atoms with Gasteiger partial charge in [0.25, 0.3) is 0 Å². The van der Waals surface area contributed by atoms with Crippen molar-refractivity contribution in [2.75, 3.05) is 0 Å². The Balaban J connectivity index is 2.21. The molecular weight excluding hydrogens is 146 g/mol. The van der Waals surface area contributed by atoms with Crippen LogP contribution in [0.1, 0.15) is 24.3 Å². The monoisotopic (exact) mass is 157 g/mol. The van der Waals surface area contributed by atoms with E-state index in [1.165, 1.54) is 29.3 Å². The Labute approximate surface area is 71.4 Å². The molecule has 1 aliphatic carbocycles. The van der Waals surface area contributed by atoms with E-state index in [2.05, 4.69) is 29.2 Å². The lowest BCUT2D eigenvalue weighted by molar-refractivity contribution is 1.14. The molecule has 1 aliphatic rings. The van der Waals surface area contributed by atoms with Gasteiger partial charge < -0.3 is 4.98 Å². The second-order valence-electron chi connectivity index (χ2n) is 3.60. The third-order valence-corrected chi connectivity index (χ3v) is 2.63. The van der Waals surface area contributed by atoms with E-state index in [0.717, 1.165) is 5.92 Å². The molecule has 2 aromatic rings. The van der Waals surface area contributed by atoms with Gasteiger partial charge in [0.15, 0.2) is 0 Å². The van der Waals surface area contributed by atoms with Crippen molar-refractivity contribution in [1.29, 1.82) is 0 Å². The molecule has 1 aromatic heterocycles. The van der Waals surface area contributed by atoms with Crippen molar-refractivity contribution in [2.45, 2.75) is 18.8 Å². The van der Waals surface area contributed by atoms with Crippen LogP contribution in [-0.2, 0) is 0 Å². The molecule has 3 rings (SSSR count). The number of fused-ring (bicyclic) bond motifs is 1. The zero-order chi connectivity index (χ0) is 7.97. The van der Waals surface area contributed by atoms with Gasteiger partial charge in [-0.25, -0.2) is 0 Å². The molecule has 0 spiro atoms. The number of nitrogens with one attached hydrogen (secondary N) is 1. The summed E-state index contributed by atoms with van der Waals surface area (Å²) in [5, 5.41) is 1.35. The number of hydrogen-bond acceptors (Lipinski definition) is 0. The fraction of sp³-hybridized carbons (Fsp3) is 0.273. The van der Waals surface area contributed by atoms with Crippen LogP contribution in [0.15, 0.2) is 30.5 Å². The third kappa shape index (κ3) is 0.860. The van der Waals surface area contributed by atoms with E-state index in [4.69, 9.17) is 0 Å². The predicted octanol–water partition coefficient (Wildman–Crippen LogP) is 3.05. The molecule has 1 aromatic carbocycles. The molecule has 1 saturated carbocycles. The van der Waals surface area contributed by atoms with E-state index in [1.54, 1.807) is 0 Å². The number of benzene rings is 1. The standard InChI is InChI=1S/C11H11N/c1-2-8(1)9-3-4-11-10(7-9)5-6-12-11/h3-8,12H,1-2H2. The van der Waals surface area contributed by atoms with Gasteiger partial charge in [0, 0.05) is 11.7 Å². The van der Waals surface area contributed by atoms with Crippen LogP contribution in [0.3, 0.4) is 0 Å². The first-order valence-corrected chi connectivity index (χ1v) is 4.50. The fourth-order valence-electron chi connectivity index (χ4n) is 1.74. The highest BCUT2D eigenvalue weighted by Gasteiger charge is 2.23. The summed E-state index contributed by atoms with van der Waals surface area (Å²) in [7, 11) is 0. The Bertz CT molecular complexity index is 410. The third-order valence-electron chi connectivity index (χ3n) is 2.63. The maximum atomic E-state index is 3.21. The van der Waals surface area contributed by atoms with E-state index in [1.807, 2.05) is 6.20 Å². The molecule has 0 radical (unpaired) electrons. The van der Waals surface area contributed by atoms with Gasteiger partial charge in [0.05, 0.1) is 0 Å². The predicted molar refractivity (Wildman–Crippen MR) is 50.3 cm³/mol. The maximum Gasteiger partial charge on any atom is 0.0454 e. The molecule has 60 valence electrons. The second-order valence-corrected chi connectivity index (χ2v) is 3.60. The Morgan fingerprint density at radius 3 is 2.92 bits per heavy atom. The fourth-order valence-corrected chi connectivity index (χ4v) is 1.74. The van der Waals surface area contributed by atoms with Gasteiger partial charge in [-0.05, 0) is 47.9 Å². The molecule has 12 heavy (non-hydrogen) atoms. The van der Waals surface area contributed by atoms with E-state index in [-0.39, 0.29) is 0 Å². The Hall–Kier alpha value is -1.24. The second kappa shape index (κ2) is 2.13. The number of aromatic amines is 1. The van der Waals surface area contributed by atoms with Crippen molar-refractivity contribution in [3.05, 3.63) is 36.0 Å². The smallest absolute Gasteiger partial charge is 0.0454 e. The maximum absolute atomic E-state index is 3.21. The quantitative estimate of drug-likeness (QED) is 0.654. The van der Waals surface area contributed by atoms with Crippen LogP contribution >= 0.6 is 0 Å². The van der Waals surface area contributed by atoms with Crippen molar-refractivity contribution in [3.8, 4) is 0 Å². The Kier molecular flexibility index (Phi) is 1.12. The summed E-state index contributed by atoms with van der Waals surface area (Å²) in [6.45, 7) is 0. The first-order chi connectivity index (χ1) is 5.93. The minimum atomic E-state index is 0.865. The van der Waals surface area contributed by atoms with Crippen molar-refractivity contribution < 1.29 is 0 Å². The molecule has 1 N–H and O–H groups in total. The molecule has 1 heteroatoms. The zero-order valence-electron chi connectivity index (χ0n) is 6.88. The summed E-state index contributed by atoms with van der Waals surface area (Å²) in [5.74, 6) is 0.865. The van der Waals surface area contributed by atoms with Gasteiger partial charge >= 0.3 is 0 Å². The summed E-state index contributed by atoms with van der Waals surface area (Å²) in [6, 6.07) is 8.88. The lowest BCUT2D eigenvalue weighted by atomic mass is 10.1. The van der Waals surface area contributed by atoms with Crippen LogP contribution < -0.4 is 0 Å². The van der Waals surface area contributed by atoms with Crippen molar-refractivity contribution in [2.24, 2.45) is 0 Å². The zero-order valence-corrected chi connectivity index (χ0v) is 6.88. The number of rotatable bonds is 1. The molecule has 0 unspecified atom stereocenters. The molecule has 0 saturated heterocycles. The molecule has 0 amide bonds. The van der Waals surface area contributed by atoms with E-state index < -0.39 is 0 Å². The lowest BCUT2D eigenvalue weighted by Gasteiger charge is -1.96. The van der Waals surface area contributed by atoms with Crippen LogP contribution in [-0.4, -0.2) is 4.98 Å². The van der Waals surface area contributed by atoms with Gasteiger partial charge in [0.1, 0.15) is 0 Å². The average Bonchev–Trinajstić information content (AvgIpc) is 2.84. The Morgan fingerprint density at radius 2 is 2.08 bits per heavy atom. The topological polar surface area (TPSA) is 15.8 Å². The molecule has 1 fully saturated rings. The van der Waals surface area contributed by atoms with Gasteiger partial charge in [-0.2, -0.15) is 0 Å². The van der Waals surface area contributed by atoms with Crippen LogP contribution in [0, 0.1) is 0 Å². The van der Waals surface area contributed by atoms with Gasteiger partial charge in [-0.1, -0.05) is 6.07 Å². The summed E-state index contributed by atoms with van der Waals surface area (Å²) in [4.78, 5) is 3.21. The van der Waals surface area contributed by atoms with E-state index >= 15 is 0 Å². The normalized spacial score (nSPS) is 17.0. The van der Waals surface area contributed by atoms with Gasteiger partial charge in [-0.3, -0.25) is 0 Å². The number of hydrogen-bond donors (Lipinski definition) is 1. The number of aromatic nitrogens is 1. The van der Waals surface area contributed by atoms with E-state index in [0.29, 0.717) is 0 Å². The summed E-state index contributed by atoms with van der Waals surface area (Å²) < 4.78 is 0. The van der Waals surface area contributed by atoms with Crippen molar-refractivity contribution in [1.82, 2.24) is 4.98 Å². The molecule has 1 heterocycles. The minimum Gasteiger partial charge on any atom is -0.361 e. The highest BCUT2D eigenvalue weighted by molar-refractivity contribution is 5.80. The van der Waals surface area contributed by atoms with Crippen molar-refractivity contribution >= 4 is 10.9 Å². The summed E-state index contributed by atoms with van der Waals surface area (Å²) in [6.07, 6.45) is 4.77. The molecule has 0 atom stereocenters. The van der Waals surface area contributed by atoms with Gasteiger partial charge in [-0.15, -0.1) is 0 Å². The van der Waals surface area contributed by atoms with Crippen LogP contribution in [0.25, 0.3) is 10.9 Å². The summed E-state index contributed by atoms with van der Waals surface area (Å²) in [5.41, 5.74) is 2.77. The Morgan fingerprint density at radius 1 is 1.17 bits per heavy atom. The number of H-pyrrole nitrogens is 1. The van der Waals surface area contributed by atoms with E-state index in [9.17, 15) is 0 Å². The highest BCUT2D eigenvalue weighted by atomic mass is 14.7. The average molecular weight is 157 g/mol. The molecule has 0 bridgehead atoms. The largest absolute Gasteiger partial charge is 0.361 e. The van der Waals surface area contributed by atoms with Crippen LogP contribution in [0.4, 0.5) is 0 Å². The minimum absolute atomic E-state index is 0.865. The van der Waals surface area contributed by atoms with Crippen molar-refractivity contribution in [3.63, 3.8) is 0 Å². The lowest BCUT2D eigenvalue weighted by Crippen LogP contribution is -1.77. The van der Waals surface area contributed by atoms with Gasteiger partial charge in [0.2, 0.25) is 0 Å². The first kappa shape index (κ1) is 6.30. The highest BCUT2D eigenvalue weighted by Crippen LogP contribution is 2.40. The van der Waals surface area contributed by atoms with Crippen LogP contribution in [0.5, 0.6) is 0 Å². The summed E-state index contributed by atoms with van der Waals surface area (Å²) >= 11 is 0. The van der Waals surface area contributed by atoms with Crippen LogP contribution in [0.2, 0.25) is 0 Å². The first-order valence-electron chi connectivity index (χ1n) is 4.50. The SMILES string of the molecule is c1cc2cc(C3CC3)ccc2[nH]1. The molecular formula is C11H11N. The molecule has 1 nitrogen and oxygen atoms in total.